The zero-order valence-electron chi connectivity index (χ0n) is 10.2. The number of nitrogens with two attached hydrogens (primary N) is 1. The van der Waals surface area contributed by atoms with E-state index in [2.05, 4.69) is 14.7 Å². The molecule has 0 bridgehead atoms. The van der Waals surface area contributed by atoms with E-state index in [-0.39, 0.29) is 18.0 Å². The van der Waals surface area contributed by atoms with Gasteiger partial charge in [-0.1, -0.05) is 0 Å². The number of hydrogen-bond acceptors (Lipinski definition) is 5. The molecule has 0 aromatic carbocycles. The van der Waals surface area contributed by atoms with Crippen molar-refractivity contribution in [1.82, 2.24) is 19.3 Å². The average molecular weight is 281 g/mol. The molecular formula is C11H15N5O2S. The minimum atomic E-state index is -3.53. The van der Waals surface area contributed by atoms with Crippen molar-refractivity contribution in [2.75, 3.05) is 6.54 Å². The molecule has 0 atom stereocenters. The molecule has 2 heterocycles. The normalized spacial score (nSPS) is 11.6. The van der Waals surface area contributed by atoms with Gasteiger partial charge in [0.15, 0.2) is 0 Å². The van der Waals surface area contributed by atoms with Crippen LogP contribution in [0.2, 0.25) is 0 Å². The molecule has 102 valence electrons. The minimum absolute atomic E-state index is 0.135. The Morgan fingerprint density at radius 3 is 2.79 bits per heavy atom. The third kappa shape index (κ3) is 3.60. The summed E-state index contributed by atoms with van der Waals surface area (Å²) in [5, 5.41) is 0. The van der Waals surface area contributed by atoms with Crippen LogP contribution in [-0.4, -0.2) is 29.5 Å². The third-order valence-corrected chi connectivity index (χ3v) is 3.98. The van der Waals surface area contributed by atoms with Gasteiger partial charge in [-0.25, -0.2) is 18.1 Å². The lowest BCUT2D eigenvalue weighted by Gasteiger charge is -2.07. The van der Waals surface area contributed by atoms with Gasteiger partial charge in [-0.05, 0) is 12.1 Å². The molecule has 0 saturated carbocycles. The first-order chi connectivity index (χ1) is 9.12. The predicted octanol–water partition coefficient (Wildman–Crippen LogP) is -0.285. The van der Waals surface area contributed by atoms with Gasteiger partial charge < -0.3 is 10.3 Å². The predicted molar refractivity (Wildman–Crippen MR) is 69.5 cm³/mol. The molecule has 19 heavy (non-hydrogen) atoms. The summed E-state index contributed by atoms with van der Waals surface area (Å²) in [7, 11) is -3.53. The van der Waals surface area contributed by atoms with E-state index in [1.165, 1.54) is 12.3 Å². The van der Waals surface area contributed by atoms with Crippen molar-refractivity contribution in [2.24, 2.45) is 5.73 Å². The highest BCUT2D eigenvalue weighted by Gasteiger charge is 2.13. The van der Waals surface area contributed by atoms with E-state index < -0.39 is 10.0 Å². The first-order valence-corrected chi connectivity index (χ1v) is 7.20. The van der Waals surface area contributed by atoms with E-state index in [1.54, 1.807) is 29.4 Å². The molecule has 0 amide bonds. The van der Waals surface area contributed by atoms with Crippen LogP contribution < -0.4 is 10.5 Å². The summed E-state index contributed by atoms with van der Waals surface area (Å²) in [6.45, 7) is 1.10. The van der Waals surface area contributed by atoms with Crippen molar-refractivity contribution in [2.45, 2.75) is 18.0 Å². The van der Waals surface area contributed by atoms with Gasteiger partial charge in [0.1, 0.15) is 4.90 Å². The van der Waals surface area contributed by atoms with Gasteiger partial charge in [-0.3, -0.25) is 4.98 Å². The van der Waals surface area contributed by atoms with Crippen molar-refractivity contribution < 1.29 is 8.42 Å². The summed E-state index contributed by atoms with van der Waals surface area (Å²) in [5.41, 5.74) is 6.06. The van der Waals surface area contributed by atoms with Gasteiger partial charge in [0, 0.05) is 38.2 Å². The third-order valence-electron chi connectivity index (χ3n) is 2.54. The van der Waals surface area contributed by atoms with Crippen LogP contribution in [-0.2, 0) is 23.1 Å². The lowest BCUT2D eigenvalue weighted by atomic mass is 10.4. The summed E-state index contributed by atoms with van der Waals surface area (Å²) in [6.07, 6.45) is 6.35. The Hall–Kier alpha value is -1.77. The van der Waals surface area contributed by atoms with E-state index in [9.17, 15) is 8.42 Å². The molecule has 3 N–H and O–H groups in total. The maximum absolute atomic E-state index is 12.0. The van der Waals surface area contributed by atoms with Gasteiger partial charge in [0.25, 0.3) is 0 Å². The quantitative estimate of drug-likeness (QED) is 0.757. The molecule has 0 radical (unpaired) electrons. The van der Waals surface area contributed by atoms with Crippen LogP contribution in [0.25, 0.3) is 0 Å². The fraction of sp³-hybridized carbons (Fsp3) is 0.273. The number of pyridine rings is 1. The van der Waals surface area contributed by atoms with Gasteiger partial charge in [-0.15, -0.1) is 0 Å². The lowest BCUT2D eigenvalue weighted by molar-refractivity contribution is 0.572. The maximum Gasteiger partial charge on any atom is 0.242 e. The fourth-order valence-electron chi connectivity index (χ4n) is 1.50. The van der Waals surface area contributed by atoms with Crippen molar-refractivity contribution in [3.8, 4) is 0 Å². The molecule has 2 rings (SSSR count). The van der Waals surface area contributed by atoms with Gasteiger partial charge in [0.2, 0.25) is 10.0 Å². The van der Waals surface area contributed by atoms with E-state index in [1.807, 2.05) is 0 Å². The zero-order valence-corrected chi connectivity index (χ0v) is 11.0. The summed E-state index contributed by atoms with van der Waals surface area (Å²) in [4.78, 5) is 7.98. The van der Waals surface area contributed by atoms with Crippen LogP contribution in [0.4, 0.5) is 0 Å². The van der Waals surface area contributed by atoms with E-state index in [4.69, 9.17) is 5.73 Å². The maximum atomic E-state index is 12.0. The summed E-state index contributed by atoms with van der Waals surface area (Å²) < 4.78 is 28.2. The molecule has 0 unspecified atom stereocenters. The molecule has 8 heteroatoms. The smallest absolute Gasteiger partial charge is 0.242 e. The van der Waals surface area contributed by atoms with Crippen LogP contribution in [0.3, 0.4) is 0 Å². The number of imidazole rings is 1. The minimum Gasteiger partial charge on any atom is -0.336 e. The molecule has 2 aromatic rings. The van der Waals surface area contributed by atoms with Crippen molar-refractivity contribution in [1.29, 1.82) is 0 Å². The Bertz CT molecular complexity index is 607. The molecule has 0 aliphatic carbocycles. The molecule has 2 aromatic heterocycles. The largest absolute Gasteiger partial charge is 0.336 e. The van der Waals surface area contributed by atoms with Crippen molar-refractivity contribution in [3.05, 3.63) is 42.7 Å². The topological polar surface area (TPSA) is 103 Å². The summed E-state index contributed by atoms with van der Waals surface area (Å²) in [5.74, 6) is 0. The Morgan fingerprint density at radius 1 is 1.37 bits per heavy atom. The van der Waals surface area contributed by atoms with Crippen LogP contribution in [0.15, 0.2) is 41.9 Å². The summed E-state index contributed by atoms with van der Waals surface area (Å²) in [6, 6.07) is 3.10. The fourth-order valence-corrected chi connectivity index (χ4v) is 2.47. The Morgan fingerprint density at radius 2 is 2.21 bits per heavy atom. The molecule has 0 aliphatic rings. The van der Waals surface area contributed by atoms with E-state index in [0.717, 1.165) is 0 Å². The van der Waals surface area contributed by atoms with Gasteiger partial charge in [-0.2, -0.15) is 0 Å². The van der Waals surface area contributed by atoms with Crippen LogP contribution in [0.1, 0.15) is 5.69 Å². The molecule has 0 fully saturated rings. The van der Waals surface area contributed by atoms with E-state index in [0.29, 0.717) is 12.2 Å². The average Bonchev–Trinajstić information content (AvgIpc) is 2.92. The molecule has 0 aliphatic heterocycles. The second kappa shape index (κ2) is 5.91. The highest BCUT2D eigenvalue weighted by atomic mass is 32.2. The zero-order chi connectivity index (χ0) is 13.7. The van der Waals surface area contributed by atoms with Crippen molar-refractivity contribution >= 4 is 10.0 Å². The SMILES string of the molecule is NCc1ccc(S(=O)(=O)NCCn2ccnc2)cn1. The number of aromatic nitrogens is 3. The number of nitrogens with one attached hydrogen (secondary N) is 1. The standard InChI is InChI=1S/C11H15N5O2S/c12-7-10-1-2-11(8-14-10)19(17,18)15-4-6-16-5-3-13-9-16/h1-3,5,8-9,15H,4,6-7,12H2. The van der Waals surface area contributed by atoms with Crippen LogP contribution in [0, 0.1) is 0 Å². The highest BCUT2D eigenvalue weighted by molar-refractivity contribution is 7.89. The van der Waals surface area contributed by atoms with E-state index >= 15 is 0 Å². The van der Waals surface area contributed by atoms with Crippen LogP contribution in [0.5, 0.6) is 0 Å². The Labute approximate surface area is 111 Å². The van der Waals surface area contributed by atoms with Gasteiger partial charge >= 0.3 is 0 Å². The molecule has 7 nitrogen and oxygen atoms in total. The highest BCUT2D eigenvalue weighted by Crippen LogP contribution is 2.07. The number of nitrogens with zero attached hydrogens (tertiary/aromatic N) is 3. The lowest BCUT2D eigenvalue weighted by Crippen LogP contribution is -2.27. The molecule has 0 spiro atoms. The van der Waals surface area contributed by atoms with Crippen molar-refractivity contribution in [3.63, 3.8) is 0 Å². The number of hydrogen-bond donors (Lipinski definition) is 2. The Balaban J connectivity index is 1.97. The molecule has 0 saturated heterocycles. The first-order valence-electron chi connectivity index (χ1n) is 5.72. The van der Waals surface area contributed by atoms with Gasteiger partial charge in [0.05, 0.1) is 12.0 Å². The Kier molecular flexibility index (Phi) is 4.25. The monoisotopic (exact) mass is 281 g/mol. The second-order valence-corrected chi connectivity index (χ2v) is 5.65. The first kappa shape index (κ1) is 13.7. The second-order valence-electron chi connectivity index (χ2n) is 3.89. The van der Waals surface area contributed by atoms with Crippen LogP contribution >= 0.6 is 0 Å². The molecular weight excluding hydrogens is 266 g/mol. The summed E-state index contributed by atoms with van der Waals surface area (Å²) >= 11 is 0. The number of sulfonamides is 1. The number of rotatable bonds is 6.